The molecule has 1 fully saturated rings. The highest BCUT2D eigenvalue weighted by molar-refractivity contribution is 7.39. The number of nitrogens with zero attached hydrogens (tertiary/aromatic N) is 1. The van der Waals surface area contributed by atoms with E-state index < -0.39 is 0 Å². The molecular weight excluding hydrogens is 314 g/mol. The first kappa shape index (κ1) is 18.2. The molecule has 0 radical (unpaired) electrons. The van der Waals surface area contributed by atoms with Gasteiger partial charge in [-0.3, -0.25) is 0 Å². The lowest BCUT2D eigenvalue weighted by molar-refractivity contribution is 0.00578. The molecule has 1 saturated heterocycles. The normalized spacial score (nSPS) is 20.2. The lowest BCUT2D eigenvalue weighted by Crippen LogP contribution is -2.41. The zero-order valence-corrected chi connectivity index (χ0v) is 16.6. The minimum atomic E-state index is -0.390. The molecule has 0 spiro atoms. The molecule has 8 heteroatoms. The Hall–Kier alpha value is -0.140. The molecule has 120 valence electrons. The third-order valence-electron chi connectivity index (χ3n) is 4.10. The van der Waals surface area contributed by atoms with Crippen molar-refractivity contribution in [3.8, 4) is 5.88 Å². The van der Waals surface area contributed by atoms with Crippen LogP contribution in [0.1, 0.15) is 34.6 Å². The molecule has 2 atom stereocenters. The van der Waals surface area contributed by atoms with Crippen LogP contribution in [-0.4, -0.2) is 42.7 Å². The fraction of sp³-hybridized carbons (Fsp3) is 0.643. The van der Waals surface area contributed by atoms with Crippen LogP contribution in [0.4, 0.5) is 0 Å². The van der Waals surface area contributed by atoms with Crippen molar-refractivity contribution in [2.45, 2.75) is 50.7 Å². The highest BCUT2D eigenvalue weighted by atomic mass is 31.1. The number of rotatable bonds is 4. The van der Waals surface area contributed by atoms with E-state index in [1.807, 2.05) is 41.6 Å². The number of aromatic nitrogens is 1. The van der Waals surface area contributed by atoms with Crippen molar-refractivity contribution in [2.75, 3.05) is 6.61 Å². The summed E-state index contributed by atoms with van der Waals surface area (Å²) in [5.41, 5.74) is 1.21. The van der Waals surface area contributed by atoms with Crippen LogP contribution < -0.4 is 15.7 Å². The van der Waals surface area contributed by atoms with Gasteiger partial charge in [0.15, 0.2) is 0 Å². The lowest BCUT2D eigenvalue weighted by atomic mass is 9.78. The standard InChI is InChI=1S/C14H25B2NO3P2/c1-12(2)13(3,4)20-16(19-12)9-6-10(15)11(17-7-9)18-8-14(5,21)22/h6-7H,8,15,21-22H2,1-5H3. The van der Waals surface area contributed by atoms with Crippen LogP contribution in [0, 0.1) is 0 Å². The maximum absolute atomic E-state index is 6.05. The Morgan fingerprint density at radius 3 is 2.27 bits per heavy atom. The van der Waals surface area contributed by atoms with Crippen molar-refractivity contribution in [3.63, 3.8) is 0 Å². The monoisotopic (exact) mass is 339 g/mol. The van der Waals surface area contributed by atoms with E-state index in [2.05, 4.69) is 30.4 Å². The maximum atomic E-state index is 6.05. The molecule has 0 aliphatic carbocycles. The Morgan fingerprint density at radius 1 is 1.27 bits per heavy atom. The predicted octanol–water partition coefficient (Wildman–Crippen LogP) is 0.484. The van der Waals surface area contributed by atoms with Gasteiger partial charge in [0.1, 0.15) is 14.5 Å². The van der Waals surface area contributed by atoms with Gasteiger partial charge in [0.2, 0.25) is 5.88 Å². The first-order valence-corrected chi connectivity index (χ1v) is 8.59. The average molecular weight is 339 g/mol. The molecule has 1 aromatic heterocycles. The van der Waals surface area contributed by atoms with E-state index in [0.717, 1.165) is 10.9 Å². The van der Waals surface area contributed by atoms with E-state index in [9.17, 15) is 0 Å². The van der Waals surface area contributed by atoms with E-state index in [1.54, 1.807) is 6.20 Å². The van der Waals surface area contributed by atoms with E-state index in [-0.39, 0.29) is 23.2 Å². The Morgan fingerprint density at radius 2 is 1.82 bits per heavy atom. The lowest BCUT2D eigenvalue weighted by Gasteiger charge is -2.32. The third-order valence-corrected chi connectivity index (χ3v) is 4.43. The van der Waals surface area contributed by atoms with E-state index >= 15 is 0 Å². The van der Waals surface area contributed by atoms with Crippen LogP contribution in [0.15, 0.2) is 12.3 Å². The summed E-state index contributed by atoms with van der Waals surface area (Å²) in [5.74, 6) is 0.649. The number of hydrogen-bond acceptors (Lipinski definition) is 4. The minimum Gasteiger partial charge on any atom is -0.477 e. The largest absolute Gasteiger partial charge is 0.496 e. The maximum Gasteiger partial charge on any atom is 0.496 e. The summed E-state index contributed by atoms with van der Waals surface area (Å²) in [6.07, 6.45) is 1.77. The second-order valence-electron chi connectivity index (χ2n) is 7.27. The summed E-state index contributed by atoms with van der Waals surface area (Å²) in [6.45, 7) is 10.8. The van der Waals surface area contributed by atoms with E-state index in [1.165, 1.54) is 0 Å². The van der Waals surface area contributed by atoms with Crippen LogP contribution in [-0.2, 0) is 9.31 Å². The van der Waals surface area contributed by atoms with E-state index in [0.29, 0.717) is 12.5 Å². The summed E-state index contributed by atoms with van der Waals surface area (Å²) in [5, 5.41) is 0. The molecule has 0 saturated carbocycles. The van der Waals surface area contributed by atoms with Gasteiger partial charge in [-0.1, -0.05) is 6.07 Å². The van der Waals surface area contributed by atoms with Gasteiger partial charge in [-0.05, 0) is 40.1 Å². The van der Waals surface area contributed by atoms with Crippen molar-refractivity contribution >= 4 is 44.4 Å². The zero-order valence-electron chi connectivity index (χ0n) is 14.3. The summed E-state index contributed by atoms with van der Waals surface area (Å²) < 4.78 is 17.9. The summed E-state index contributed by atoms with van der Waals surface area (Å²) in [7, 11) is 7.07. The molecule has 2 unspecified atom stereocenters. The van der Waals surface area contributed by atoms with Crippen molar-refractivity contribution in [1.29, 1.82) is 0 Å². The van der Waals surface area contributed by atoms with Crippen LogP contribution in [0.3, 0.4) is 0 Å². The molecule has 2 rings (SSSR count). The fourth-order valence-electron chi connectivity index (χ4n) is 2.07. The van der Waals surface area contributed by atoms with Gasteiger partial charge in [-0.2, -0.15) is 0 Å². The predicted molar refractivity (Wildman–Crippen MR) is 101 cm³/mol. The first-order valence-electron chi connectivity index (χ1n) is 7.44. The van der Waals surface area contributed by atoms with Crippen molar-refractivity contribution in [2.24, 2.45) is 0 Å². The van der Waals surface area contributed by atoms with Gasteiger partial charge >= 0.3 is 7.12 Å². The van der Waals surface area contributed by atoms with Crippen LogP contribution in [0.5, 0.6) is 5.88 Å². The molecule has 4 nitrogen and oxygen atoms in total. The number of pyridine rings is 1. The zero-order chi connectivity index (χ0) is 16.8. The van der Waals surface area contributed by atoms with Gasteiger partial charge in [-0.15, -0.1) is 18.5 Å². The SMILES string of the molecule is Bc1cc(B2OC(C)(C)C(C)(C)O2)cnc1OCC(C)(P)P. The Labute approximate surface area is 139 Å². The molecule has 1 aliphatic rings. The Bertz CT molecular complexity index is 546. The fourth-order valence-corrected chi connectivity index (χ4v) is 2.23. The summed E-state index contributed by atoms with van der Waals surface area (Å²) in [6, 6.07) is 2.02. The van der Waals surface area contributed by atoms with Crippen LogP contribution in [0.25, 0.3) is 0 Å². The van der Waals surface area contributed by atoms with Gasteiger partial charge in [-0.25, -0.2) is 4.98 Å². The quantitative estimate of drug-likeness (QED) is 0.591. The Kier molecular flexibility index (Phi) is 5.01. The topological polar surface area (TPSA) is 40.6 Å². The minimum absolute atomic E-state index is 0.0570. The molecule has 0 bridgehead atoms. The van der Waals surface area contributed by atoms with Crippen LogP contribution in [0.2, 0.25) is 0 Å². The summed E-state index contributed by atoms with van der Waals surface area (Å²) in [4.78, 5) is 4.36. The molecule has 1 aromatic rings. The molecule has 2 heterocycles. The van der Waals surface area contributed by atoms with Crippen LogP contribution >= 0.6 is 18.5 Å². The highest BCUT2D eigenvalue weighted by Gasteiger charge is 2.51. The van der Waals surface area contributed by atoms with E-state index in [4.69, 9.17) is 14.0 Å². The van der Waals surface area contributed by atoms with Gasteiger partial charge in [0.05, 0.1) is 11.2 Å². The van der Waals surface area contributed by atoms with Crippen molar-refractivity contribution in [3.05, 3.63) is 12.3 Å². The smallest absolute Gasteiger partial charge is 0.477 e. The molecule has 1 aliphatic heterocycles. The molecule has 0 N–H and O–H groups in total. The molecule has 22 heavy (non-hydrogen) atoms. The highest BCUT2D eigenvalue weighted by Crippen LogP contribution is 2.36. The third kappa shape index (κ3) is 4.03. The van der Waals surface area contributed by atoms with Gasteiger partial charge in [0.25, 0.3) is 0 Å². The van der Waals surface area contributed by atoms with Gasteiger partial charge in [0, 0.05) is 16.6 Å². The van der Waals surface area contributed by atoms with Crippen molar-refractivity contribution < 1.29 is 14.0 Å². The number of hydrogen-bond donors (Lipinski definition) is 0. The first-order chi connectivity index (χ1) is 9.91. The number of ether oxygens (including phenoxy) is 1. The molecule has 0 aromatic carbocycles. The Balaban J connectivity index is 2.14. The summed E-state index contributed by atoms with van der Waals surface area (Å²) >= 11 is 0. The average Bonchev–Trinajstić information content (AvgIpc) is 2.56. The molecular formula is C14H25B2NO3P2. The second-order valence-corrected chi connectivity index (χ2v) is 10.6. The van der Waals surface area contributed by atoms with Gasteiger partial charge < -0.3 is 14.0 Å². The second kappa shape index (κ2) is 6.06. The van der Waals surface area contributed by atoms with Crippen molar-refractivity contribution in [1.82, 2.24) is 4.98 Å². The molecule has 0 amide bonds.